The molecule has 0 bridgehead atoms. The third kappa shape index (κ3) is 1.69. The summed E-state index contributed by atoms with van der Waals surface area (Å²) in [7, 11) is 0. The van der Waals surface area contributed by atoms with Gasteiger partial charge in [-0.1, -0.05) is 18.2 Å². The predicted octanol–water partition coefficient (Wildman–Crippen LogP) is 2.11. The molecule has 0 spiro atoms. The third-order valence-electron chi connectivity index (χ3n) is 2.15. The van der Waals surface area contributed by atoms with Gasteiger partial charge in [0.25, 0.3) is 5.69 Å². The van der Waals surface area contributed by atoms with Crippen LogP contribution in [0.2, 0.25) is 0 Å². The Morgan fingerprint density at radius 3 is 2.53 bits per heavy atom. The average Bonchev–Trinajstić information content (AvgIpc) is 2.40. The number of hydrogen-bond donors (Lipinski definition) is 0. The summed E-state index contributed by atoms with van der Waals surface area (Å²) in [6, 6.07) is 10.8. The maximum absolute atomic E-state index is 11.5. The second-order valence-corrected chi connectivity index (χ2v) is 3.11. The van der Waals surface area contributed by atoms with Crippen molar-refractivity contribution in [3.8, 4) is 0 Å². The normalized spacial score (nSPS) is 10.1. The first-order chi connectivity index (χ1) is 7.18. The summed E-state index contributed by atoms with van der Waals surface area (Å²) in [5.74, 6) is 0. The van der Waals surface area contributed by atoms with Crippen LogP contribution in [-0.4, -0.2) is 4.92 Å². The Bertz CT molecular complexity index is 593. The molecule has 15 heavy (non-hydrogen) atoms. The SMILES string of the molecule is O=c1ccccc2ccc([N+](=O)[O-])cc12. The first-order valence-electron chi connectivity index (χ1n) is 4.36. The van der Waals surface area contributed by atoms with Crippen molar-refractivity contribution in [3.63, 3.8) is 0 Å². The summed E-state index contributed by atoms with van der Waals surface area (Å²) in [6.07, 6.45) is 0. The van der Waals surface area contributed by atoms with E-state index in [1.54, 1.807) is 24.3 Å². The lowest BCUT2D eigenvalue weighted by atomic mass is 10.1. The minimum absolute atomic E-state index is 0.0641. The van der Waals surface area contributed by atoms with Crippen molar-refractivity contribution in [1.82, 2.24) is 0 Å². The van der Waals surface area contributed by atoms with Gasteiger partial charge in [-0.15, -0.1) is 0 Å². The van der Waals surface area contributed by atoms with Gasteiger partial charge in [0.1, 0.15) is 0 Å². The minimum atomic E-state index is -0.508. The Morgan fingerprint density at radius 2 is 1.80 bits per heavy atom. The van der Waals surface area contributed by atoms with E-state index < -0.39 is 4.92 Å². The molecule has 0 unspecified atom stereocenters. The molecular weight excluding hydrogens is 194 g/mol. The van der Waals surface area contributed by atoms with Gasteiger partial charge in [0.2, 0.25) is 0 Å². The molecule has 0 atom stereocenters. The van der Waals surface area contributed by atoms with E-state index in [1.165, 1.54) is 18.2 Å². The summed E-state index contributed by atoms with van der Waals surface area (Å²) < 4.78 is 0. The zero-order chi connectivity index (χ0) is 10.8. The van der Waals surface area contributed by atoms with Crippen molar-refractivity contribution >= 4 is 16.5 Å². The monoisotopic (exact) mass is 201 g/mol. The highest BCUT2D eigenvalue weighted by atomic mass is 16.6. The van der Waals surface area contributed by atoms with Gasteiger partial charge < -0.3 is 0 Å². The quantitative estimate of drug-likeness (QED) is 0.524. The molecule has 4 nitrogen and oxygen atoms in total. The van der Waals surface area contributed by atoms with Crippen LogP contribution < -0.4 is 5.43 Å². The number of nitrogens with zero attached hydrogens (tertiary/aromatic N) is 1. The Labute approximate surface area is 84.9 Å². The van der Waals surface area contributed by atoms with Gasteiger partial charge in [-0.3, -0.25) is 14.9 Å². The second kappa shape index (κ2) is 3.49. The fourth-order valence-electron chi connectivity index (χ4n) is 1.41. The van der Waals surface area contributed by atoms with Crippen LogP contribution in [0.1, 0.15) is 0 Å². The van der Waals surface area contributed by atoms with Crippen molar-refractivity contribution in [2.75, 3.05) is 0 Å². The lowest BCUT2D eigenvalue weighted by Gasteiger charge is -1.92. The molecule has 0 saturated carbocycles. The first kappa shape index (κ1) is 9.33. The maximum Gasteiger partial charge on any atom is 0.270 e. The largest absolute Gasteiger partial charge is 0.289 e. The van der Waals surface area contributed by atoms with Gasteiger partial charge in [-0.05, 0) is 17.5 Å². The van der Waals surface area contributed by atoms with Crippen LogP contribution in [0.25, 0.3) is 10.8 Å². The molecule has 0 aromatic heterocycles. The van der Waals surface area contributed by atoms with Gasteiger partial charge in [0.15, 0.2) is 5.43 Å². The number of benzene rings is 1. The topological polar surface area (TPSA) is 60.2 Å². The minimum Gasteiger partial charge on any atom is -0.289 e. The summed E-state index contributed by atoms with van der Waals surface area (Å²) in [5, 5.41) is 11.6. The van der Waals surface area contributed by atoms with E-state index in [0.717, 1.165) is 0 Å². The molecule has 0 radical (unpaired) electrons. The summed E-state index contributed by atoms with van der Waals surface area (Å²) in [5.41, 5.74) is -0.274. The molecule has 0 aliphatic heterocycles. The molecule has 2 aromatic rings. The number of non-ortho nitro benzene ring substituents is 1. The highest BCUT2D eigenvalue weighted by Gasteiger charge is 2.06. The molecule has 2 rings (SSSR count). The number of nitro groups is 1. The highest BCUT2D eigenvalue weighted by Crippen LogP contribution is 2.16. The first-order valence-corrected chi connectivity index (χ1v) is 4.36. The van der Waals surface area contributed by atoms with Crippen LogP contribution in [0.3, 0.4) is 0 Å². The van der Waals surface area contributed by atoms with Crippen molar-refractivity contribution in [1.29, 1.82) is 0 Å². The van der Waals surface area contributed by atoms with Crippen molar-refractivity contribution < 1.29 is 4.92 Å². The molecule has 4 heteroatoms. The predicted molar refractivity (Wildman–Crippen MR) is 56.9 cm³/mol. The van der Waals surface area contributed by atoms with Crippen LogP contribution in [-0.2, 0) is 0 Å². The van der Waals surface area contributed by atoms with Gasteiger partial charge in [0, 0.05) is 17.5 Å². The molecule has 0 heterocycles. The van der Waals surface area contributed by atoms with Gasteiger partial charge >= 0.3 is 0 Å². The van der Waals surface area contributed by atoms with E-state index in [9.17, 15) is 14.9 Å². The van der Waals surface area contributed by atoms with Gasteiger partial charge in [-0.2, -0.15) is 0 Å². The molecule has 0 aliphatic carbocycles. The molecule has 0 aliphatic rings. The number of hydrogen-bond acceptors (Lipinski definition) is 3. The van der Waals surface area contributed by atoms with E-state index in [4.69, 9.17) is 0 Å². The van der Waals surface area contributed by atoms with E-state index >= 15 is 0 Å². The molecule has 0 fully saturated rings. The fourth-order valence-corrected chi connectivity index (χ4v) is 1.41. The second-order valence-electron chi connectivity index (χ2n) is 3.11. The molecule has 0 N–H and O–H groups in total. The summed E-state index contributed by atoms with van der Waals surface area (Å²) in [6.45, 7) is 0. The summed E-state index contributed by atoms with van der Waals surface area (Å²) in [4.78, 5) is 21.6. The van der Waals surface area contributed by atoms with E-state index in [1.807, 2.05) is 0 Å². The Morgan fingerprint density at radius 1 is 1.07 bits per heavy atom. The number of rotatable bonds is 1. The standard InChI is InChI=1S/C11H7NO3/c13-11-4-2-1-3-8-5-6-9(12(14)15)7-10(8)11/h1-7H. The van der Waals surface area contributed by atoms with Gasteiger partial charge in [0.05, 0.1) is 4.92 Å². The van der Waals surface area contributed by atoms with Crippen LogP contribution in [0, 0.1) is 10.1 Å². The van der Waals surface area contributed by atoms with E-state index in [-0.39, 0.29) is 11.1 Å². The molecular formula is C11H7NO3. The lowest BCUT2D eigenvalue weighted by molar-refractivity contribution is -0.384. The molecule has 2 aromatic carbocycles. The Balaban J connectivity index is 2.88. The van der Waals surface area contributed by atoms with Crippen molar-refractivity contribution in [2.45, 2.75) is 0 Å². The zero-order valence-electron chi connectivity index (χ0n) is 7.71. The van der Waals surface area contributed by atoms with Gasteiger partial charge in [-0.25, -0.2) is 0 Å². The Kier molecular flexibility index (Phi) is 2.17. The van der Waals surface area contributed by atoms with Crippen LogP contribution in [0.5, 0.6) is 0 Å². The number of nitro benzene ring substituents is 1. The zero-order valence-corrected chi connectivity index (χ0v) is 7.71. The van der Waals surface area contributed by atoms with E-state index in [2.05, 4.69) is 0 Å². The van der Waals surface area contributed by atoms with Crippen molar-refractivity contribution in [3.05, 3.63) is 62.8 Å². The van der Waals surface area contributed by atoms with Crippen molar-refractivity contribution in [2.24, 2.45) is 0 Å². The van der Waals surface area contributed by atoms with E-state index in [0.29, 0.717) is 10.8 Å². The highest BCUT2D eigenvalue weighted by molar-refractivity contribution is 5.83. The van der Waals surface area contributed by atoms with Crippen LogP contribution >= 0.6 is 0 Å². The molecule has 74 valence electrons. The molecule has 0 amide bonds. The summed E-state index contributed by atoms with van der Waals surface area (Å²) >= 11 is 0. The van der Waals surface area contributed by atoms with Crippen LogP contribution in [0.4, 0.5) is 5.69 Å². The lowest BCUT2D eigenvalue weighted by Crippen LogP contribution is -1.96. The third-order valence-corrected chi connectivity index (χ3v) is 2.15. The average molecular weight is 201 g/mol. The fraction of sp³-hybridized carbons (Fsp3) is 0. The maximum atomic E-state index is 11.5. The van der Waals surface area contributed by atoms with Crippen LogP contribution in [0.15, 0.2) is 47.3 Å². The molecule has 0 saturated heterocycles. The Hall–Kier alpha value is -2.23. The smallest absolute Gasteiger partial charge is 0.270 e. The number of fused-ring (bicyclic) bond motifs is 1.